The predicted molar refractivity (Wildman–Crippen MR) is 69.8 cm³/mol. The highest BCUT2D eigenvalue weighted by Gasteiger charge is 2.15. The number of fused-ring (bicyclic) bond motifs is 1. The molecular formula is C13H10N4O3. The second-order valence-electron chi connectivity index (χ2n) is 4.12. The van der Waals surface area contributed by atoms with Crippen molar-refractivity contribution >= 4 is 17.0 Å². The molecule has 100 valence electrons. The Balaban J connectivity index is 2.08. The van der Waals surface area contributed by atoms with Gasteiger partial charge in [-0.1, -0.05) is 0 Å². The van der Waals surface area contributed by atoms with Gasteiger partial charge in [0.15, 0.2) is 11.3 Å². The lowest BCUT2D eigenvalue weighted by Gasteiger charge is -2.07. The van der Waals surface area contributed by atoms with Gasteiger partial charge in [-0.3, -0.25) is 4.98 Å². The maximum atomic E-state index is 11.1. The Morgan fingerprint density at radius 2 is 2.15 bits per heavy atom. The number of aromatic carboxylic acids is 1. The average Bonchev–Trinajstić information content (AvgIpc) is 2.82. The van der Waals surface area contributed by atoms with Crippen LogP contribution in [0.4, 0.5) is 0 Å². The van der Waals surface area contributed by atoms with E-state index in [4.69, 9.17) is 9.84 Å². The van der Waals surface area contributed by atoms with Gasteiger partial charge in [0, 0.05) is 19.4 Å². The maximum absolute atomic E-state index is 11.1. The molecular weight excluding hydrogens is 260 g/mol. The Hall–Kier alpha value is -2.96. The smallest absolute Gasteiger partial charge is 0.339 e. The number of carbonyl (C=O) groups is 1. The Morgan fingerprint density at radius 3 is 2.95 bits per heavy atom. The molecule has 3 aromatic rings. The molecule has 0 amide bonds. The highest BCUT2D eigenvalue weighted by molar-refractivity contribution is 5.91. The fourth-order valence-corrected chi connectivity index (χ4v) is 1.85. The molecule has 0 unspecified atom stereocenters. The number of rotatable bonds is 3. The summed E-state index contributed by atoms with van der Waals surface area (Å²) in [6.45, 7) is 0. The van der Waals surface area contributed by atoms with Gasteiger partial charge in [-0.2, -0.15) is 0 Å². The van der Waals surface area contributed by atoms with E-state index in [0.717, 1.165) is 5.52 Å². The molecule has 20 heavy (non-hydrogen) atoms. The third-order valence-electron chi connectivity index (χ3n) is 2.83. The van der Waals surface area contributed by atoms with Gasteiger partial charge >= 0.3 is 5.97 Å². The summed E-state index contributed by atoms with van der Waals surface area (Å²) in [5.41, 5.74) is 1.43. The first-order chi connectivity index (χ1) is 9.66. The van der Waals surface area contributed by atoms with Gasteiger partial charge in [0.2, 0.25) is 5.88 Å². The van der Waals surface area contributed by atoms with Crippen LogP contribution in [0.1, 0.15) is 10.4 Å². The lowest BCUT2D eigenvalue weighted by molar-refractivity contribution is 0.0694. The van der Waals surface area contributed by atoms with Gasteiger partial charge in [0.05, 0.1) is 18.0 Å². The molecule has 7 heteroatoms. The number of imidazole rings is 1. The third kappa shape index (κ3) is 1.95. The molecule has 1 N–H and O–H groups in total. The summed E-state index contributed by atoms with van der Waals surface area (Å²) in [5, 5.41) is 9.11. The molecule has 0 spiro atoms. The van der Waals surface area contributed by atoms with Crippen LogP contribution >= 0.6 is 0 Å². The normalized spacial score (nSPS) is 10.7. The average molecular weight is 270 g/mol. The van der Waals surface area contributed by atoms with Crippen molar-refractivity contribution in [2.75, 3.05) is 0 Å². The largest absolute Gasteiger partial charge is 0.478 e. The monoisotopic (exact) mass is 270 g/mol. The number of aromatic nitrogens is 4. The Bertz CT molecular complexity index is 797. The van der Waals surface area contributed by atoms with Crippen LogP contribution in [0.25, 0.3) is 11.0 Å². The van der Waals surface area contributed by atoms with E-state index in [9.17, 15) is 4.79 Å². The van der Waals surface area contributed by atoms with Gasteiger partial charge in [-0.25, -0.2) is 14.8 Å². The van der Waals surface area contributed by atoms with E-state index in [1.54, 1.807) is 18.6 Å². The maximum Gasteiger partial charge on any atom is 0.339 e. The van der Waals surface area contributed by atoms with Gasteiger partial charge in [0.25, 0.3) is 0 Å². The zero-order chi connectivity index (χ0) is 14.1. The molecule has 0 aliphatic heterocycles. The van der Waals surface area contributed by atoms with Crippen LogP contribution in [0.2, 0.25) is 0 Å². The van der Waals surface area contributed by atoms with Crippen LogP contribution in [0.15, 0.2) is 37.1 Å². The first-order valence-electron chi connectivity index (χ1n) is 5.78. The fraction of sp³-hybridized carbons (Fsp3) is 0.0769. The Morgan fingerprint density at radius 1 is 1.30 bits per heavy atom. The fourth-order valence-electron chi connectivity index (χ4n) is 1.85. The van der Waals surface area contributed by atoms with Crippen LogP contribution in [-0.4, -0.2) is 30.6 Å². The summed E-state index contributed by atoms with van der Waals surface area (Å²) in [6.07, 6.45) is 5.95. The van der Waals surface area contributed by atoms with E-state index < -0.39 is 5.97 Å². The molecule has 0 bridgehead atoms. The number of hydrogen-bond donors (Lipinski definition) is 1. The molecule has 0 saturated heterocycles. The van der Waals surface area contributed by atoms with E-state index in [1.807, 2.05) is 11.6 Å². The highest BCUT2D eigenvalue weighted by Crippen LogP contribution is 2.27. The molecule has 7 nitrogen and oxygen atoms in total. The van der Waals surface area contributed by atoms with Crippen LogP contribution in [0.5, 0.6) is 11.6 Å². The predicted octanol–water partition coefficient (Wildman–Crippen LogP) is 1.85. The summed E-state index contributed by atoms with van der Waals surface area (Å²) >= 11 is 0. The van der Waals surface area contributed by atoms with E-state index in [0.29, 0.717) is 5.52 Å². The van der Waals surface area contributed by atoms with E-state index in [-0.39, 0.29) is 17.2 Å². The van der Waals surface area contributed by atoms with Gasteiger partial charge in [-0.15, -0.1) is 0 Å². The van der Waals surface area contributed by atoms with Gasteiger partial charge < -0.3 is 14.4 Å². The van der Waals surface area contributed by atoms with E-state index in [1.165, 1.54) is 18.5 Å². The highest BCUT2D eigenvalue weighted by atomic mass is 16.5. The number of aryl methyl sites for hydroxylation is 1. The van der Waals surface area contributed by atoms with Crippen molar-refractivity contribution in [1.29, 1.82) is 0 Å². The summed E-state index contributed by atoms with van der Waals surface area (Å²) in [6, 6.07) is 3.17. The SMILES string of the molecule is Cn1cnc2c(Oc3cnccc3C(=O)O)nccc21. The number of carboxylic acids is 1. The van der Waals surface area contributed by atoms with Crippen LogP contribution in [0, 0.1) is 0 Å². The van der Waals surface area contributed by atoms with Crippen LogP contribution < -0.4 is 4.74 Å². The number of pyridine rings is 2. The standard InChI is InChI=1S/C13H10N4O3/c1-17-7-16-11-9(17)3-5-15-12(11)20-10-6-14-4-2-8(10)13(18)19/h2-7H,1H3,(H,18,19). The first-order valence-corrected chi connectivity index (χ1v) is 5.78. The van der Waals surface area contributed by atoms with Crippen molar-refractivity contribution in [2.45, 2.75) is 0 Å². The first kappa shape index (κ1) is 12.1. The molecule has 0 aliphatic carbocycles. The molecule has 3 rings (SSSR count). The van der Waals surface area contributed by atoms with E-state index in [2.05, 4.69) is 15.0 Å². The second-order valence-corrected chi connectivity index (χ2v) is 4.12. The minimum atomic E-state index is -1.09. The molecule has 0 radical (unpaired) electrons. The van der Waals surface area contributed by atoms with Crippen molar-refractivity contribution < 1.29 is 14.6 Å². The Kier molecular flexibility index (Phi) is 2.79. The van der Waals surface area contributed by atoms with Crippen molar-refractivity contribution in [2.24, 2.45) is 7.05 Å². The van der Waals surface area contributed by atoms with Crippen molar-refractivity contribution in [1.82, 2.24) is 19.5 Å². The number of nitrogens with zero attached hydrogens (tertiary/aromatic N) is 4. The number of ether oxygens (including phenoxy) is 1. The molecule has 0 aliphatic rings. The van der Waals surface area contributed by atoms with Gasteiger partial charge in [0.1, 0.15) is 5.56 Å². The molecule has 0 atom stereocenters. The summed E-state index contributed by atoms with van der Waals surface area (Å²) in [5.74, 6) is -0.708. The molecule has 0 saturated carbocycles. The zero-order valence-electron chi connectivity index (χ0n) is 10.5. The summed E-state index contributed by atoms with van der Waals surface area (Å²) in [7, 11) is 1.85. The summed E-state index contributed by atoms with van der Waals surface area (Å²) < 4.78 is 7.39. The molecule has 3 heterocycles. The lowest BCUT2D eigenvalue weighted by Crippen LogP contribution is -2.01. The number of hydrogen-bond acceptors (Lipinski definition) is 5. The van der Waals surface area contributed by atoms with Gasteiger partial charge in [-0.05, 0) is 12.1 Å². The van der Waals surface area contributed by atoms with Crippen molar-refractivity contribution in [3.63, 3.8) is 0 Å². The zero-order valence-corrected chi connectivity index (χ0v) is 10.5. The lowest BCUT2D eigenvalue weighted by atomic mass is 10.2. The Labute approximate surface area is 113 Å². The third-order valence-corrected chi connectivity index (χ3v) is 2.83. The number of carboxylic acid groups (broad SMARTS) is 1. The van der Waals surface area contributed by atoms with E-state index >= 15 is 0 Å². The topological polar surface area (TPSA) is 90.1 Å². The minimum absolute atomic E-state index is 0.0229. The quantitative estimate of drug-likeness (QED) is 0.781. The molecule has 0 aromatic carbocycles. The van der Waals surface area contributed by atoms with Crippen LogP contribution in [-0.2, 0) is 7.05 Å². The second kappa shape index (κ2) is 4.61. The van der Waals surface area contributed by atoms with Crippen molar-refractivity contribution in [3.05, 3.63) is 42.6 Å². The molecule has 0 fully saturated rings. The van der Waals surface area contributed by atoms with Crippen molar-refractivity contribution in [3.8, 4) is 11.6 Å². The minimum Gasteiger partial charge on any atom is -0.478 e. The molecule has 3 aromatic heterocycles. The van der Waals surface area contributed by atoms with Crippen LogP contribution in [0.3, 0.4) is 0 Å². The summed E-state index contributed by atoms with van der Waals surface area (Å²) in [4.78, 5) is 23.3.